The lowest BCUT2D eigenvalue weighted by molar-refractivity contribution is 0.0170. The maximum atomic E-state index is 13.9. The van der Waals surface area contributed by atoms with Gasteiger partial charge in [0.25, 0.3) is 0 Å². The van der Waals surface area contributed by atoms with Crippen molar-refractivity contribution in [2.24, 2.45) is 4.99 Å². The average Bonchev–Trinajstić information content (AvgIpc) is 2.84. The lowest BCUT2D eigenvalue weighted by Gasteiger charge is -2.35. The molecule has 8 heteroatoms. The van der Waals surface area contributed by atoms with Gasteiger partial charge in [-0.2, -0.15) is 0 Å². The Kier molecular flexibility index (Phi) is 9.27. The summed E-state index contributed by atoms with van der Waals surface area (Å²) in [6.07, 6.45) is 0. The van der Waals surface area contributed by atoms with Crippen molar-refractivity contribution in [3.8, 4) is 5.75 Å². The van der Waals surface area contributed by atoms with E-state index in [1.54, 1.807) is 27.3 Å². The van der Waals surface area contributed by atoms with E-state index in [0.29, 0.717) is 24.6 Å². The monoisotopic (exact) mass is 444 g/mol. The van der Waals surface area contributed by atoms with E-state index in [1.807, 2.05) is 18.2 Å². The molecule has 2 aromatic rings. The van der Waals surface area contributed by atoms with Crippen LogP contribution >= 0.6 is 0 Å². The molecule has 174 valence electrons. The van der Waals surface area contributed by atoms with Crippen molar-refractivity contribution in [2.45, 2.75) is 19.2 Å². The third-order valence-electron chi connectivity index (χ3n) is 5.54. The first-order chi connectivity index (χ1) is 15.6. The molecule has 7 nitrogen and oxygen atoms in total. The van der Waals surface area contributed by atoms with Crippen LogP contribution in [-0.4, -0.2) is 65.0 Å². The number of hydrogen-bond donors (Lipinski definition) is 2. The number of nitrogens with zero attached hydrogens (tertiary/aromatic N) is 2. The van der Waals surface area contributed by atoms with Crippen LogP contribution in [0.5, 0.6) is 5.75 Å². The second-order valence-corrected chi connectivity index (χ2v) is 7.60. The molecule has 0 radical (unpaired) electrons. The van der Waals surface area contributed by atoms with Crippen molar-refractivity contribution in [1.82, 2.24) is 15.5 Å². The van der Waals surface area contributed by atoms with Crippen LogP contribution < -0.4 is 15.4 Å². The molecule has 0 bridgehead atoms. The van der Waals surface area contributed by atoms with Crippen molar-refractivity contribution >= 4 is 5.96 Å². The van der Waals surface area contributed by atoms with Crippen LogP contribution in [-0.2, 0) is 22.6 Å². The van der Waals surface area contributed by atoms with E-state index in [-0.39, 0.29) is 18.5 Å². The Labute approximate surface area is 189 Å². The maximum absolute atomic E-state index is 13.9. The summed E-state index contributed by atoms with van der Waals surface area (Å²) in [7, 11) is 4.97. The minimum atomic E-state index is -0.258. The minimum absolute atomic E-state index is 0.169. The fraction of sp³-hybridized carbons (Fsp3) is 0.458. The zero-order valence-corrected chi connectivity index (χ0v) is 19.1. The highest BCUT2D eigenvalue weighted by atomic mass is 19.1. The Morgan fingerprint density at radius 1 is 1.12 bits per heavy atom. The van der Waals surface area contributed by atoms with Crippen molar-refractivity contribution < 1.29 is 18.6 Å². The molecule has 1 saturated heterocycles. The molecule has 1 fully saturated rings. The van der Waals surface area contributed by atoms with Crippen LogP contribution in [0, 0.1) is 5.82 Å². The van der Waals surface area contributed by atoms with Gasteiger partial charge in [-0.15, -0.1) is 0 Å². The first-order valence-electron chi connectivity index (χ1n) is 10.8. The highest BCUT2D eigenvalue weighted by Gasteiger charge is 2.23. The standard InChI is InChI=1S/C24H33FN4O3/c1-26-24(27-15-18-4-9-22(25)20(14-18)17-30-2)28-16-23(29-10-12-32-13-11-29)19-5-7-21(31-3)8-6-19/h4-9,14,23H,10-13,15-17H2,1-3H3,(H2,26,27,28). The van der Waals surface area contributed by atoms with E-state index < -0.39 is 0 Å². The Hall–Kier alpha value is -2.68. The van der Waals surface area contributed by atoms with Gasteiger partial charge in [-0.05, 0) is 35.4 Å². The topological polar surface area (TPSA) is 67.4 Å². The van der Waals surface area contributed by atoms with Gasteiger partial charge < -0.3 is 24.8 Å². The molecule has 0 aliphatic carbocycles. The minimum Gasteiger partial charge on any atom is -0.497 e. The average molecular weight is 445 g/mol. The summed E-state index contributed by atoms with van der Waals surface area (Å²) in [6.45, 7) is 4.67. The van der Waals surface area contributed by atoms with E-state index in [2.05, 4.69) is 32.7 Å². The fourth-order valence-electron chi connectivity index (χ4n) is 3.78. The number of nitrogens with one attached hydrogen (secondary N) is 2. The smallest absolute Gasteiger partial charge is 0.191 e. The molecule has 32 heavy (non-hydrogen) atoms. The number of halogens is 1. The largest absolute Gasteiger partial charge is 0.497 e. The summed E-state index contributed by atoms with van der Waals surface area (Å²) in [6, 6.07) is 13.4. The Bertz CT molecular complexity index is 870. The summed E-state index contributed by atoms with van der Waals surface area (Å²) in [5, 5.41) is 6.76. The number of rotatable bonds is 9. The van der Waals surface area contributed by atoms with Crippen LogP contribution in [0.1, 0.15) is 22.7 Å². The van der Waals surface area contributed by atoms with Crippen molar-refractivity contribution in [3.63, 3.8) is 0 Å². The molecule has 3 rings (SSSR count). The van der Waals surface area contributed by atoms with E-state index in [9.17, 15) is 4.39 Å². The molecule has 1 aliphatic rings. The molecular formula is C24H33FN4O3. The molecule has 1 atom stereocenters. The molecule has 1 heterocycles. The predicted octanol–water partition coefficient (Wildman–Crippen LogP) is 2.72. The lowest BCUT2D eigenvalue weighted by Crippen LogP contribution is -2.46. The SMILES string of the molecule is CN=C(NCc1ccc(F)c(COC)c1)NCC(c1ccc(OC)cc1)N1CCOCC1. The number of morpholine rings is 1. The van der Waals surface area contributed by atoms with Gasteiger partial charge >= 0.3 is 0 Å². The number of aliphatic imine (C=N–C) groups is 1. The van der Waals surface area contributed by atoms with Crippen molar-refractivity contribution in [1.29, 1.82) is 0 Å². The normalized spacial score (nSPS) is 15.9. The molecule has 0 amide bonds. The second-order valence-electron chi connectivity index (χ2n) is 7.60. The molecule has 2 N–H and O–H groups in total. The molecule has 0 spiro atoms. The lowest BCUT2D eigenvalue weighted by atomic mass is 10.0. The van der Waals surface area contributed by atoms with Gasteiger partial charge in [0.15, 0.2) is 5.96 Å². The van der Waals surface area contributed by atoms with Gasteiger partial charge in [-0.25, -0.2) is 4.39 Å². The van der Waals surface area contributed by atoms with Crippen molar-refractivity contribution in [3.05, 3.63) is 65.0 Å². The fourth-order valence-corrected chi connectivity index (χ4v) is 3.78. The van der Waals surface area contributed by atoms with Crippen LogP contribution in [0.4, 0.5) is 4.39 Å². The maximum Gasteiger partial charge on any atom is 0.191 e. The highest BCUT2D eigenvalue weighted by molar-refractivity contribution is 5.79. The van der Waals surface area contributed by atoms with E-state index in [0.717, 1.165) is 37.6 Å². The van der Waals surface area contributed by atoms with E-state index in [1.165, 1.54) is 11.6 Å². The number of guanidine groups is 1. The summed E-state index contributed by atoms with van der Waals surface area (Å²) in [5.74, 6) is 1.27. The summed E-state index contributed by atoms with van der Waals surface area (Å²) in [4.78, 5) is 6.77. The zero-order valence-electron chi connectivity index (χ0n) is 19.1. The first kappa shape index (κ1) is 24.0. The molecule has 0 saturated carbocycles. The molecule has 0 aromatic heterocycles. The van der Waals surface area contributed by atoms with Gasteiger partial charge in [0.1, 0.15) is 11.6 Å². The van der Waals surface area contributed by atoms with Crippen LogP contribution in [0.15, 0.2) is 47.5 Å². The van der Waals surface area contributed by atoms with E-state index >= 15 is 0 Å². The van der Waals surface area contributed by atoms with Gasteiger partial charge in [0, 0.05) is 45.9 Å². The van der Waals surface area contributed by atoms with E-state index in [4.69, 9.17) is 14.2 Å². The summed E-state index contributed by atoms with van der Waals surface area (Å²) >= 11 is 0. The van der Waals surface area contributed by atoms with Gasteiger partial charge in [-0.1, -0.05) is 18.2 Å². The highest BCUT2D eigenvalue weighted by Crippen LogP contribution is 2.23. The number of hydrogen-bond acceptors (Lipinski definition) is 5. The van der Waals surface area contributed by atoms with Gasteiger partial charge in [0.05, 0.1) is 33.0 Å². The predicted molar refractivity (Wildman–Crippen MR) is 123 cm³/mol. The molecular weight excluding hydrogens is 411 g/mol. The number of methoxy groups -OCH3 is 2. The third kappa shape index (κ3) is 6.66. The van der Waals surface area contributed by atoms with Gasteiger partial charge in [-0.3, -0.25) is 9.89 Å². The van der Waals surface area contributed by atoms with Crippen LogP contribution in [0.2, 0.25) is 0 Å². The number of benzene rings is 2. The van der Waals surface area contributed by atoms with Crippen LogP contribution in [0.3, 0.4) is 0 Å². The third-order valence-corrected chi connectivity index (χ3v) is 5.54. The summed E-state index contributed by atoms with van der Waals surface area (Å²) < 4.78 is 29.8. The Balaban J connectivity index is 1.63. The first-order valence-corrected chi connectivity index (χ1v) is 10.8. The Morgan fingerprint density at radius 3 is 2.53 bits per heavy atom. The van der Waals surface area contributed by atoms with Crippen molar-refractivity contribution in [2.75, 3.05) is 54.1 Å². The number of ether oxygens (including phenoxy) is 3. The zero-order chi connectivity index (χ0) is 22.8. The quantitative estimate of drug-likeness (QED) is 0.458. The van der Waals surface area contributed by atoms with Crippen LogP contribution in [0.25, 0.3) is 0 Å². The molecule has 1 unspecified atom stereocenters. The molecule has 1 aliphatic heterocycles. The molecule has 2 aromatic carbocycles. The van der Waals surface area contributed by atoms with Gasteiger partial charge in [0.2, 0.25) is 0 Å². The Morgan fingerprint density at radius 2 is 1.88 bits per heavy atom. The second kappa shape index (κ2) is 12.4. The summed E-state index contributed by atoms with van der Waals surface area (Å²) in [5.41, 5.74) is 2.71.